The fourth-order valence-corrected chi connectivity index (χ4v) is 3.59. The first kappa shape index (κ1) is 13.4. The van der Waals surface area contributed by atoms with Gasteiger partial charge in [0.2, 0.25) is 0 Å². The molecule has 18 heavy (non-hydrogen) atoms. The van der Waals surface area contributed by atoms with Gasteiger partial charge < -0.3 is 10.4 Å². The minimum atomic E-state index is -1.14. The van der Waals surface area contributed by atoms with Crippen LogP contribution in [0.5, 0.6) is 0 Å². The van der Waals surface area contributed by atoms with Gasteiger partial charge in [0.25, 0.3) is 5.91 Å². The van der Waals surface area contributed by atoms with Gasteiger partial charge in [-0.1, -0.05) is 0 Å². The molecule has 1 atom stereocenters. The van der Waals surface area contributed by atoms with Crippen LogP contribution < -0.4 is 5.32 Å². The summed E-state index contributed by atoms with van der Waals surface area (Å²) in [6.45, 7) is 1.86. The van der Waals surface area contributed by atoms with Gasteiger partial charge in [0, 0.05) is 10.6 Å². The summed E-state index contributed by atoms with van der Waals surface area (Å²) in [5.74, 6) is -0.00277. The van der Waals surface area contributed by atoms with Crippen LogP contribution in [0, 0.1) is 6.92 Å². The molecule has 2 rings (SSSR count). The zero-order valence-corrected chi connectivity index (χ0v) is 11.6. The third-order valence-electron chi connectivity index (χ3n) is 2.86. The first-order chi connectivity index (χ1) is 8.53. The van der Waals surface area contributed by atoms with Gasteiger partial charge in [0.05, 0.1) is 0 Å². The summed E-state index contributed by atoms with van der Waals surface area (Å²) in [6, 6.07) is 1.67. The lowest BCUT2D eigenvalue weighted by molar-refractivity contribution is -0.143. The standard InChI is InChI=1S/C11H14N2O3S2/c1-7-5-8(13-18-7)9(14)12-11(10(15)16)3-2-4-17-6-11/h5H,2-4,6H2,1H3,(H,12,14)(H,15,16). The molecule has 0 aliphatic carbocycles. The molecular formula is C11H14N2O3S2. The minimum Gasteiger partial charge on any atom is -0.479 e. The second-order valence-corrected chi connectivity index (χ2v) is 6.43. The average Bonchev–Trinajstić information content (AvgIpc) is 2.77. The van der Waals surface area contributed by atoms with Crippen molar-refractivity contribution in [3.8, 4) is 0 Å². The number of carbonyl (C=O) groups is 2. The summed E-state index contributed by atoms with van der Waals surface area (Å²) in [7, 11) is 0. The number of nitrogens with one attached hydrogen (secondary N) is 1. The van der Waals surface area contributed by atoms with E-state index < -0.39 is 17.4 Å². The van der Waals surface area contributed by atoms with Gasteiger partial charge in [-0.25, -0.2) is 4.79 Å². The van der Waals surface area contributed by atoms with E-state index in [1.807, 2.05) is 6.92 Å². The average molecular weight is 286 g/mol. The maximum absolute atomic E-state index is 12.0. The van der Waals surface area contributed by atoms with Gasteiger partial charge >= 0.3 is 5.97 Å². The van der Waals surface area contributed by atoms with E-state index in [1.165, 1.54) is 11.5 Å². The van der Waals surface area contributed by atoms with Crippen LogP contribution in [0.15, 0.2) is 6.07 Å². The normalized spacial score (nSPS) is 23.6. The topological polar surface area (TPSA) is 79.3 Å². The van der Waals surface area contributed by atoms with Crippen molar-refractivity contribution in [3.63, 3.8) is 0 Å². The van der Waals surface area contributed by atoms with Crippen molar-refractivity contribution in [2.24, 2.45) is 0 Å². The monoisotopic (exact) mass is 286 g/mol. The molecule has 2 N–H and O–H groups in total. The van der Waals surface area contributed by atoms with Crippen molar-refractivity contribution in [1.29, 1.82) is 0 Å². The molecule has 0 spiro atoms. The molecule has 1 saturated heterocycles. The van der Waals surface area contributed by atoms with Gasteiger partial charge in [-0.2, -0.15) is 16.1 Å². The molecule has 0 saturated carbocycles. The van der Waals surface area contributed by atoms with Gasteiger partial charge in [-0.05, 0) is 43.1 Å². The lowest BCUT2D eigenvalue weighted by Crippen LogP contribution is -2.57. The highest BCUT2D eigenvalue weighted by atomic mass is 32.2. The smallest absolute Gasteiger partial charge is 0.330 e. The Labute approximate surface area is 113 Å². The van der Waals surface area contributed by atoms with E-state index in [4.69, 9.17) is 0 Å². The molecule has 1 aromatic rings. The van der Waals surface area contributed by atoms with Crippen LogP contribution in [0.4, 0.5) is 0 Å². The van der Waals surface area contributed by atoms with Crippen molar-refractivity contribution in [3.05, 3.63) is 16.6 Å². The second-order valence-electron chi connectivity index (χ2n) is 4.32. The second kappa shape index (κ2) is 5.27. The van der Waals surface area contributed by atoms with Crippen LogP contribution in [0.25, 0.3) is 0 Å². The Morgan fingerprint density at radius 1 is 1.56 bits per heavy atom. The fourth-order valence-electron chi connectivity index (χ4n) is 1.87. The molecule has 1 aliphatic heterocycles. The Hall–Kier alpha value is -1.08. The summed E-state index contributed by atoms with van der Waals surface area (Å²) in [4.78, 5) is 24.3. The highest BCUT2D eigenvalue weighted by Gasteiger charge is 2.41. The third-order valence-corrected chi connectivity index (χ3v) is 4.83. The van der Waals surface area contributed by atoms with Crippen LogP contribution in [-0.2, 0) is 4.79 Å². The maximum atomic E-state index is 12.0. The lowest BCUT2D eigenvalue weighted by Gasteiger charge is -2.33. The molecule has 7 heteroatoms. The van der Waals surface area contributed by atoms with E-state index in [9.17, 15) is 14.7 Å². The lowest BCUT2D eigenvalue weighted by atomic mass is 9.95. The number of aromatic nitrogens is 1. The number of rotatable bonds is 3. The van der Waals surface area contributed by atoms with Crippen molar-refractivity contribution < 1.29 is 14.7 Å². The molecule has 0 radical (unpaired) electrons. The Morgan fingerprint density at radius 2 is 2.33 bits per heavy atom. The molecule has 0 bridgehead atoms. The SMILES string of the molecule is Cc1cc(C(=O)NC2(C(=O)O)CCCSC2)ns1. The van der Waals surface area contributed by atoms with Crippen LogP contribution in [0.3, 0.4) is 0 Å². The number of amides is 1. The van der Waals surface area contributed by atoms with Crippen molar-refractivity contribution >= 4 is 35.2 Å². The van der Waals surface area contributed by atoms with Crippen molar-refractivity contribution in [1.82, 2.24) is 9.69 Å². The predicted octanol–water partition coefficient (Wildman–Crippen LogP) is 1.53. The molecule has 0 aromatic carbocycles. The number of carbonyl (C=O) groups excluding carboxylic acids is 1. The molecule has 2 heterocycles. The van der Waals surface area contributed by atoms with E-state index in [2.05, 4.69) is 9.69 Å². The van der Waals surface area contributed by atoms with Crippen LogP contribution in [-0.4, -0.2) is 38.4 Å². The first-order valence-corrected chi connectivity index (χ1v) is 7.53. The summed E-state index contributed by atoms with van der Waals surface area (Å²) in [5, 5.41) is 12.0. The summed E-state index contributed by atoms with van der Waals surface area (Å²) in [6.07, 6.45) is 1.28. The van der Waals surface area contributed by atoms with Gasteiger partial charge in [0.15, 0.2) is 0 Å². The Bertz CT molecular complexity index is 467. The van der Waals surface area contributed by atoms with Gasteiger partial charge in [-0.3, -0.25) is 4.79 Å². The maximum Gasteiger partial charge on any atom is 0.330 e. The summed E-state index contributed by atoms with van der Waals surface area (Å²) in [5.41, 5.74) is -0.842. The highest BCUT2D eigenvalue weighted by molar-refractivity contribution is 7.99. The summed E-state index contributed by atoms with van der Waals surface area (Å²) >= 11 is 2.80. The zero-order valence-electron chi connectivity index (χ0n) is 9.93. The van der Waals surface area contributed by atoms with Crippen LogP contribution in [0.1, 0.15) is 28.2 Å². The Morgan fingerprint density at radius 3 is 2.83 bits per heavy atom. The molecule has 5 nitrogen and oxygen atoms in total. The Balaban J connectivity index is 2.14. The summed E-state index contributed by atoms with van der Waals surface area (Å²) < 4.78 is 4.00. The molecule has 1 fully saturated rings. The van der Waals surface area contributed by atoms with E-state index in [0.29, 0.717) is 17.9 Å². The van der Waals surface area contributed by atoms with Crippen molar-refractivity contribution in [2.75, 3.05) is 11.5 Å². The zero-order chi connectivity index (χ0) is 13.2. The van der Waals surface area contributed by atoms with E-state index in [-0.39, 0.29) is 0 Å². The molecule has 1 aliphatic rings. The van der Waals surface area contributed by atoms with Gasteiger partial charge in [-0.15, -0.1) is 0 Å². The number of hydrogen-bond acceptors (Lipinski definition) is 5. The number of carboxylic acids is 1. The quantitative estimate of drug-likeness (QED) is 0.881. The largest absolute Gasteiger partial charge is 0.479 e. The number of carboxylic acid groups (broad SMARTS) is 1. The number of thioether (sulfide) groups is 1. The van der Waals surface area contributed by atoms with E-state index in [1.54, 1.807) is 17.8 Å². The highest BCUT2D eigenvalue weighted by Crippen LogP contribution is 2.27. The van der Waals surface area contributed by atoms with Crippen LogP contribution >= 0.6 is 23.3 Å². The van der Waals surface area contributed by atoms with Gasteiger partial charge in [0.1, 0.15) is 11.2 Å². The minimum absolute atomic E-state index is 0.300. The number of nitrogens with zero attached hydrogens (tertiary/aromatic N) is 1. The molecule has 1 amide bonds. The van der Waals surface area contributed by atoms with E-state index in [0.717, 1.165) is 17.1 Å². The molecular weight excluding hydrogens is 272 g/mol. The molecule has 1 aromatic heterocycles. The molecule has 1 unspecified atom stereocenters. The molecule has 98 valence electrons. The Kier molecular flexibility index (Phi) is 3.91. The third kappa shape index (κ3) is 2.67. The van der Waals surface area contributed by atoms with E-state index >= 15 is 0 Å². The number of hydrogen-bond donors (Lipinski definition) is 2. The van der Waals surface area contributed by atoms with Crippen LogP contribution in [0.2, 0.25) is 0 Å². The number of aryl methyl sites for hydroxylation is 1. The number of aliphatic carboxylic acids is 1. The predicted molar refractivity (Wildman–Crippen MR) is 71.2 cm³/mol. The fraction of sp³-hybridized carbons (Fsp3) is 0.545. The van der Waals surface area contributed by atoms with Crippen molar-refractivity contribution in [2.45, 2.75) is 25.3 Å². The first-order valence-electron chi connectivity index (χ1n) is 5.60.